The third kappa shape index (κ3) is 3.12. The van der Waals surface area contributed by atoms with Gasteiger partial charge in [0.1, 0.15) is 0 Å². The van der Waals surface area contributed by atoms with Crippen molar-refractivity contribution in [2.45, 2.75) is 5.75 Å². The fourth-order valence-corrected chi connectivity index (χ4v) is 3.62. The molecule has 1 aromatic carbocycles. The van der Waals surface area contributed by atoms with Crippen LogP contribution in [0.4, 0.5) is 0 Å². The van der Waals surface area contributed by atoms with Gasteiger partial charge in [-0.1, -0.05) is 12.1 Å². The second-order valence-electron chi connectivity index (χ2n) is 4.63. The number of carboxylic acids is 1. The molecule has 0 unspecified atom stereocenters. The summed E-state index contributed by atoms with van der Waals surface area (Å²) in [5, 5.41) is 17.7. The van der Waals surface area contributed by atoms with Crippen molar-refractivity contribution in [2.75, 3.05) is 19.7 Å². The van der Waals surface area contributed by atoms with Crippen molar-refractivity contribution in [2.24, 2.45) is 5.92 Å². The molecule has 1 fully saturated rings. The zero-order chi connectivity index (χ0) is 14.0. The van der Waals surface area contributed by atoms with E-state index >= 15 is 0 Å². The molecule has 1 aromatic rings. The molecule has 0 amide bonds. The molecule has 7 heteroatoms. The summed E-state index contributed by atoms with van der Waals surface area (Å²) in [6.45, 7) is 0.648. The van der Waals surface area contributed by atoms with Crippen LogP contribution in [0.3, 0.4) is 0 Å². The standard InChI is InChI=1S/C12H15NO5S/c14-7-10-5-13(6-10)19(17,18)8-9-2-1-3-11(4-9)12(15)16/h1-4,10,14H,5-8H2,(H,15,16). The van der Waals surface area contributed by atoms with Crippen molar-refractivity contribution in [1.82, 2.24) is 4.31 Å². The van der Waals surface area contributed by atoms with Crippen LogP contribution in [0, 0.1) is 5.92 Å². The molecular formula is C12H15NO5S. The Balaban J connectivity index is 2.08. The number of hydrogen-bond donors (Lipinski definition) is 2. The molecule has 0 saturated carbocycles. The molecule has 0 spiro atoms. The number of carbonyl (C=O) groups is 1. The average molecular weight is 285 g/mol. The number of aliphatic hydroxyl groups excluding tert-OH is 1. The van der Waals surface area contributed by atoms with E-state index in [0.717, 1.165) is 0 Å². The SMILES string of the molecule is O=C(O)c1cccc(CS(=O)(=O)N2CC(CO)C2)c1. The molecule has 1 saturated heterocycles. The van der Waals surface area contributed by atoms with Gasteiger partial charge < -0.3 is 10.2 Å². The number of nitrogens with zero attached hydrogens (tertiary/aromatic N) is 1. The highest BCUT2D eigenvalue weighted by molar-refractivity contribution is 7.88. The van der Waals surface area contributed by atoms with Gasteiger partial charge in [-0.3, -0.25) is 0 Å². The Labute approximate surface area is 111 Å². The summed E-state index contributed by atoms with van der Waals surface area (Å²) in [7, 11) is -3.43. The number of benzene rings is 1. The molecule has 2 rings (SSSR count). The number of hydrogen-bond acceptors (Lipinski definition) is 4. The second-order valence-corrected chi connectivity index (χ2v) is 6.60. The minimum atomic E-state index is -3.43. The lowest BCUT2D eigenvalue weighted by Crippen LogP contribution is -2.51. The van der Waals surface area contributed by atoms with Crippen molar-refractivity contribution >= 4 is 16.0 Å². The Morgan fingerprint density at radius 1 is 1.37 bits per heavy atom. The van der Waals surface area contributed by atoms with Crippen LogP contribution in [0.25, 0.3) is 0 Å². The summed E-state index contributed by atoms with van der Waals surface area (Å²) in [4.78, 5) is 10.8. The highest BCUT2D eigenvalue weighted by Gasteiger charge is 2.35. The van der Waals surface area contributed by atoms with Gasteiger partial charge in [0.25, 0.3) is 0 Å². The quantitative estimate of drug-likeness (QED) is 0.802. The smallest absolute Gasteiger partial charge is 0.335 e. The summed E-state index contributed by atoms with van der Waals surface area (Å²) in [5.41, 5.74) is 0.525. The lowest BCUT2D eigenvalue weighted by Gasteiger charge is -2.36. The highest BCUT2D eigenvalue weighted by atomic mass is 32.2. The molecule has 1 aliphatic heterocycles. The molecule has 19 heavy (non-hydrogen) atoms. The van der Waals surface area contributed by atoms with E-state index in [9.17, 15) is 13.2 Å². The largest absolute Gasteiger partial charge is 0.478 e. The van der Waals surface area contributed by atoms with Crippen LogP contribution in [0.2, 0.25) is 0 Å². The fourth-order valence-electron chi connectivity index (χ4n) is 1.96. The van der Waals surface area contributed by atoms with Crippen LogP contribution in [0.15, 0.2) is 24.3 Å². The van der Waals surface area contributed by atoms with E-state index in [1.807, 2.05) is 0 Å². The maximum Gasteiger partial charge on any atom is 0.335 e. The Hall–Kier alpha value is -1.44. The first-order valence-corrected chi connectivity index (χ1v) is 7.44. The maximum absolute atomic E-state index is 12.0. The zero-order valence-electron chi connectivity index (χ0n) is 10.2. The van der Waals surface area contributed by atoms with E-state index < -0.39 is 16.0 Å². The van der Waals surface area contributed by atoms with E-state index in [1.54, 1.807) is 6.07 Å². The highest BCUT2D eigenvalue weighted by Crippen LogP contribution is 2.22. The molecule has 0 atom stereocenters. The predicted molar refractivity (Wildman–Crippen MR) is 68.2 cm³/mol. The first-order valence-electron chi connectivity index (χ1n) is 5.83. The van der Waals surface area contributed by atoms with Crippen molar-refractivity contribution in [1.29, 1.82) is 0 Å². The van der Waals surface area contributed by atoms with Crippen molar-refractivity contribution in [3.05, 3.63) is 35.4 Å². The molecule has 1 aliphatic rings. The zero-order valence-corrected chi connectivity index (χ0v) is 11.0. The van der Waals surface area contributed by atoms with Gasteiger partial charge in [0.2, 0.25) is 10.0 Å². The lowest BCUT2D eigenvalue weighted by atomic mass is 10.1. The molecule has 6 nitrogen and oxygen atoms in total. The third-order valence-electron chi connectivity index (χ3n) is 3.10. The molecule has 0 aliphatic carbocycles. The summed E-state index contributed by atoms with van der Waals surface area (Å²) < 4.78 is 25.4. The van der Waals surface area contributed by atoms with Crippen LogP contribution >= 0.6 is 0 Å². The van der Waals surface area contributed by atoms with Crippen LogP contribution in [-0.2, 0) is 15.8 Å². The van der Waals surface area contributed by atoms with Gasteiger partial charge in [0.05, 0.1) is 11.3 Å². The number of sulfonamides is 1. The van der Waals surface area contributed by atoms with Crippen LogP contribution < -0.4 is 0 Å². The van der Waals surface area contributed by atoms with E-state index in [4.69, 9.17) is 10.2 Å². The third-order valence-corrected chi connectivity index (χ3v) is 4.88. The van der Waals surface area contributed by atoms with Gasteiger partial charge in [-0.25, -0.2) is 17.5 Å². The Kier molecular flexibility index (Phi) is 3.88. The second kappa shape index (κ2) is 5.28. The molecule has 0 aromatic heterocycles. The summed E-state index contributed by atoms with van der Waals surface area (Å²) in [6, 6.07) is 5.90. The van der Waals surface area contributed by atoms with E-state index in [0.29, 0.717) is 18.7 Å². The lowest BCUT2D eigenvalue weighted by molar-refractivity contribution is 0.0696. The monoisotopic (exact) mass is 285 g/mol. The van der Waals surface area contributed by atoms with Crippen molar-refractivity contribution < 1.29 is 23.4 Å². The van der Waals surface area contributed by atoms with Crippen LogP contribution in [0.1, 0.15) is 15.9 Å². The Morgan fingerprint density at radius 3 is 2.63 bits per heavy atom. The number of carboxylic acid groups (broad SMARTS) is 1. The summed E-state index contributed by atoms with van der Waals surface area (Å²) in [5.74, 6) is -1.28. The summed E-state index contributed by atoms with van der Waals surface area (Å²) in [6.07, 6.45) is 0. The average Bonchev–Trinajstić information content (AvgIpc) is 2.26. The van der Waals surface area contributed by atoms with Gasteiger partial charge in [-0.05, 0) is 17.7 Å². The fraction of sp³-hybridized carbons (Fsp3) is 0.417. The van der Waals surface area contributed by atoms with Gasteiger partial charge in [0.15, 0.2) is 0 Å². The molecule has 2 N–H and O–H groups in total. The van der Waals surface area contributed by atoms with E-state index in [2.05, 4.69) is 0 Å². The van der Waals surface area contributed by atoms with Gasteiger partial charge in [-0.15, -0.1) is 0 Å². The number of rotatable bonds is 5. The van der Waals surface area contributed by atoms with E-state index in [1.165, 1.54) is 22.5 Å². The topological polar surface area (TPSA) is 94.9 Å². The first kappa shape index (κ1) is 14.0. The molecular weight excluding hydrogens is 270 g/mol. The van der Waals surface area contributed by atoms with Crippen LogP contribution in [-0.4, -0.2) is 48.6 Å². The predicted octanol–water partition coefficient (Wildman–Crippen LogP) is 0.139. The number of aromatic carboxylic acids is 1. The summed E-state index contributed by atoms with van der Waals surface area (Å²) >= 11 is 0. The molecule has 104 valence electrons. The Bertz CT molecular complexity index is 578. The van der Waals surface area contributed by atoms with Crippen LogP contribution in [0.5, 0.6) is 0 Å². The minimum Gasteiger partial charge on any atom is -0.478 e. The maximum atomic E-state index is 12.0. The molecule has 1 heterocycles. The van der Waals surface area contributed by atoms with Gasteiger partial charge >= 0.3 is 5.97 Å². The van der Waals surface area contributed by atoms with E-state index in [-0.39, 0.29) is 23.8 Å². The van der Waals surface area contributed by atoms with Crippen molar-refractivity contribution in [3.8, 4) is 0 Å². The van der Waals surface area contributed by atoms with Crippen molar-refractivity contribution in [3.63, 3.8) is 0 Å². The normalized spacial score (nSPS) is 17.1. The first-order chi connectivity index (χ1) is 8.92. The van der Waals surface area contributed by atoms with Gasteiger partial charge in [-0.2, -0.15) is 0 Å². The minimum absolute atomic E-state index is 0.0134. The molecule has 0 radical (unpaired) electrons. The van der Waals surface area contributed by atoms with Gasteiger partial charge in [0, 0.05) is 25.6 Å². The Morgan fingerprint density at radius 2 is 2.05 bits per heavy atom. The molecule has 0 bridgehead atoms. The number of aliphatic hydroxyl groups is 1.